The van der Waals surface area contributed by atoms with Gasteiger partial charge in [0.15, 0.2) is 0 Å². The van der Waals surface area contributed by atoms with E-state index in [-0.39, 0.29) is 5.54 Å². The predicted molar refractivity (Wildman–Crippen MR) is 63.6 cm³/mol. The van der Waals surface area contributed by atoms with Crippen LogP contribution >= 0.6 is 0 Å². The Kier molecular flexibility index (Phi) is 4.30. The molecule has 0 heterocycles. The van der Waals surface area contributed by atoms with Crippen LogP contribution in [0.2, 0.25) is 0 Å². The summed E-state index contributed by atoms with van der Waals surface area (Å²) in [6, 6.07) is 8.48. The van der Waals surface area contributed by atoms with Gasteiger partial charge in [-0.2, -0.15) is 5.48 Å². The summed E-state index contributed by atoms with van der Waals surface area (Å²) in [7, 11) is 0. The Labute approximate surface area is 92.6 Å². The highest BCUT2D eigenvalue weighted by Crippen LogP contribution is 2.24. The molecule has 0 aliphatic carbocycles. The Morgan fingerprint density at radius 3 is 2.47 bits per heavy atom. The number of hydrogen-bond donors (Lipinski definition) is 1. The maximum Gasteiger partial charge on any atom is 0.0654 e. The van der Waals surface area contributed by atoms with E-state index in [1.165, 1.54) is 11.1 Å². The fraction of sp³-hybridized carbons (Fsp3) is 0.538. The van der Waals surface area contributed by atoms with E-state index in [0.29, 0.717) is 6.61 Å². The number of benzene rings is 1. The van der Waals surface area contributed by atoms with Crippen LogP contribution in [-0.4, -0.2) is 6.61 Å². The number of hydroxylamine groups is 1. The van der Waals surface area contributed by atoms with Crippen LogP contribution in [0.1, 0.15) is 38.8 Å². The van der Waals surface area contributed by atoms with Gasteiger partial charge < -0.3 is 4.84 Å². The second-order valence-corrected chi connectivity index (χ2v) is 4.17. The molecule has 2 nitrogen and oxygen atoms in total. The molecule has 0 aromatic heterocycles. The predicted octanol–water partition coefficient (Wildman–Crippen LogP) is 3.03. The molecule has 0 atom stereocenters. The molecule has 2 heteroatoms. The average molecular weight is 207 g/mol. The maximum atomic E-state index is 5.30. The topological polar surface area (TPSA) is 21.3 Å². The number of aryl methyl sites for hydroxylation is 1. The highest BCUT2D eigenvalue weighted by molar-refractivity contribution is 5.32. The molecular formula is C13H21NO. The van der Waals surface area contributed by atoms with Crippen molar-refractivity contribution in [1.82, 2.24) is 5.48 Å². The second-order valence-electron chi connectivity index (χ2n) is 4.17. The van der Waals surface area contributed by atoms with E-state index in [9.17, 15) is 0 Å². The first-order valence-electron chi connectivity index (χ1n) is 5.59. The van der Waals surface area contributed by atoms with E-state index in [1.807, 2.05) is 6.92 Å². The van der Waals surface area contributed by atoms with Crippen LogP contribution in [-0.2, 0) is 16.8 Å². The summed E-state index contributed by atoms with van der Waals surface area (Å²) < 4.78 is 0. The Morgan fingerprint density at radius 1 is 1.20 bits per heavy atom. The first kappa shape index (κ1) is 12.2. The molecule has 0 saturated carbocycles. The summed E-state index contributed by atoms with van der Waals surface area (Å²) in [6.07, 6.45) is 1.05. The minimum atomic E-state index is -0.136. The first-order valence-corrected chi connectivity index (χ1v) is 5.59. The quantitative estimate of drug-likeness (QED) is 0.749. The molecule has 1 aromatic carbocycles. The van der Waals surface area contributed by atoms with Crippen molar-refractivity contribution < 1.29 is 4.84 Å². The normalized spacial score (nSPS) is 11.7. The standard InChI is InChI=1S/C13H21NO/c1-5-11-9-7-8-10-12(11)13(3,4)14-15-6-2/h7-10,14H,5-6H2,1-4H3. The summed E-state index contributed by atoms with van der Waals surface area (Å²) in [4.78, 5) is 5.30. The zero-order chi connectivity index (χ0) is 11.3. The number of hydrogen-bond acceptors (Lipinski definition) is 2. The first-order chi connectivity index (χ1) is 7.11. The third-order valence-electron chi connectivity index (χ3n) is 2.54. The largest absolute Gasteiger partial charge is 0.301 e. The molecule has 15 heavy (non-hydrogen) atoms. The molecule has 0 radical (unpaired) electrons. The van der Waals surface area contributed by atoms with Crippen LogP contribution in [0.5, 0.6) is 0 Å². The Bertz CT molecular complexity index is 307. The molecule has 1 rings (SSSR count). The zero-order valence-corrected chi connectivity index (χ0v) is 10.1. The Balaban J connectivity index is 2.92. The number of nitrogens with one attached hydrogen (secondary N) is 1. The monoisotopic (exact) mass is 207 g/mol. The van der Waals surface area contributed by atoms with Gasteiger partial charge in [-0.05, 0) is 38.3 Å². The van der Waals surface area contributed by atoms with Gasteiger partial charge in [-0.15, -0.1) is 0 Å². The lowest BCUT2D eigenvalue weighted by Crippen LogP contribution is -2.37. The van der Waals surface area contributed by atoms with E-state index < -0.39 is 0 Å². The van der Waals surface area contributed by atoms with Gasteiger partial charge in [-0.3, -0.25) is 0 Å². The van der Waals surface area contributed by atoms with Gasteiger partial charge in [-0.1, -0.05) is 31.2 Å². The van der Waals surface area contributed by atoms with Crippen LogP contribution in [0.4, 0.5) is 0 Å². The fourth-order valence-corrected chi connectivity index (χ4v) is 1.75. The van der Waals surface area contributed by atoms with E-state index in [4.69, 9.17) is 4.84 Å². The molecule has 0 saturated heterocycles. The van der Waals surface area contributed by atoms with Crippen molar-refractivity contribution in [3.05, 3.63) is 35.4 Å². The number of rotatable bonds is 5. The molecule has 0 unspecified atom stereocenters. The highest BCUT2D eigenvalue weighted by atomic mass is 16.6. The Hall–Kier alpha value is -0.860. The van der Waals surface area contributed by atoms with Crippen LogP contribution < -0.4 is 5.48 Å². The van der Waals surface area contributed by atoms with Crippen LogP contribution in [0.3, 0.4) is 0 Å². The molecule has 0 amide bonds. The molecular weight excluding hydrogens is 186 g/mol. The van der Waals surface area contributed by atoms with Crippen LogP contribution in [0.25, 0.3) is 0 Å². The van der Waals surface area contributed by atoms with Gasteiger partial charge in [0.1, 0.15) is 0 Å². The third-order valence-corrected chi connectivity index (χ3v) is 2.54. The zero-order valence-electron chi connectivity index (χ0n) is 10.1. The van der Waals surface area contributed by atoms with Gasteiger partial charge in [0.2, 0.25) is 0 Å². The molecule has 0 fully saturated rings. The van der Waals surface area contributed by atoms with Gasteiger partial charge in [-0.25, -0.2) is 0 Å². The van der Waals surface area contributed by atoms with E-state index in [0.717, 1.165) is 6.42 Å². The Morgan fingerprint density at radius 2 is 1.87 bits per heavy atom. The van der Waals surface area contributed by atoms with Crippen molar-refractivity contribution in [3.8, 4) is 0 Å². The molecule has 1 N–H and O–H groups in total. The minimum Gasteiger partial charge on any atom is -0.301 e. The highest BCUT2D eigenvalue weighted by Gasteiger charge is 2.22. The molecule has 1 aromatic rings. The van der Waals surface area contributed by atoms with E-state index in [2.05, 4.69) is 50.5 Å². The van der Waals surface area contributed by atoms with Crippen molar-refractivity contribution >= 4 is 0 Å². The van der Waals surface area contributed by atoms with E-state index in [1.54, 1.807) is 0 Å². The van der Waals surface area contributed by atoms with Crippen molar-refractivity contribution in [2.75, 3.05) is 6.61 Å². The summed E-state index contributed by atoms with van der Waals surface area (Å²) in [5.41, 5.74) is 5.64. The molecule has 84 valence electrons. The average Bonchev–Trinajstić information content (AvgIpc) is 2.26. The summed E-state index contributed by atoms with van der Waals surface area (Å²) in [5.74, 6) is 0. The summed E-state index contributed by atoms with van der Waals surface area (Å²) >= 11 is 0. The van der Waals surface area contributed by atoms with Gasteiger partial charge in [0, 0.05) is 0 Å². The lowest BCUT2D eigenvalue weighted by Gasteiger charge is -2.28. The molecule has 0 spiro atoms. The van der Waals surface area contributed by atoms with Crippen molar-refractivity contribution in [2.45, 2.75) is 39.7 Å². The lowest BCUT2D eigenvalue weighted by atomic mass is 9.90. The summed E-state index contributed by atoms with van der Waals surface area (Å²) in [5, 5.41) is 0. The lowest BCUT2D eigenvalue weighted by molar-refractivity contribution is -0.00639. The fourth-order valence-electron chi connectivity index (χ4n) is 1.75. The van der Waals surface area contributed by atoms with Crippen molar-refractivity contribution in [2.24, 2.45) is 0 Å². The minimum absolute atomic E-state index is 0.136. The molecule has 0 bridgehead atoms. The summed E-state index contributed by atoms with van der Waals surface area (Å²) in [6.45, 7) is 9.11. The molecule has 0 aliphatic heterocycles. The van der Waals surface area contributed by atoms with Gasteiger partial charge in [0.25, 0.3) is 0 Å². The second kappa shape index (κ2) is 5.29. The van der Waals surface area contributed by atoms with Gasteiger partial charge >= 0.3 is 0 Å². The smallest absolute Gasteiger partial charge is 0.0654 e. The van der Waals surface area contributed by atoms with Crippen molar-refractivity contribution in [1.29, 1.82) is 0 Å². The van der Waals surface area contributed by atoms with Crippen LogP contribution in [0, 0.1) is 0 Å². The SMILES string of the molecule is CCONC(C)(C)c1ccccc1CC. The van der Waals surface area contributed by atoms with E-state index >= 15 is 0 Å². The van der Waals surface area contributed by atoms with Crippen molar-refractivity contribution in [3.63, 3.8) is 0 Å². The van der Waals surface area contributed by atoms with Crippen LogP contribution in [0.15, 0.2) is 24.3 Å². The van der Waals surface area contributed by atoms with Gasteiger partial charge in [0.05, 0.1) is 12.1 Å². The third kappa shape index (κ3) is 3.05. The molecule has 0 aliphatic rings. The maximum absolute atomic E-state index is 5.30.